The minimum Gasteiger partial charge on any atom is -0.340 e. The number of nitriles is 1. The summed E-state index contributed by atoms with van der Waals surface area (Å²) in [5, 5.41) is 13.6. The van der Waals surface area contributed by atoms with E-state index < -0.39 is 0 Å². The first-order valence-corrected chi connectivity index (χ1v) is 10.6. The van der Waals surface area contributed by atoms with Gasteiger partial charge in [0, 0.05) is 43.2 Å². The Kier molecular flexibility index (Phi) is 6.60. The Morgan fingerprint density at radius 1 is 1.06 bits per heavy atom. The number of amides is 1. The van der Waals surface area contributed by atoms with Gasteiger partial charge in [0.2, 0.25) is 17.6 Å². The molecule has 0 radical (unpaired) electrons. The molecular weight excluding hydrogens is 414 g/mol. The van der Waals surface area contributed by atoms with Crippen molar-refractivity contribution >= 4 is 17.5 Å². The van der Waals surface area contributed by atoms with Gasteiger partial charge in [0.05, 0.1) is 18.2 Å². The Labute approximate surface area is 185 Å². The number of piperazine rings is 1. The molecule has 3 aromatic rings. The molecule has 0 atom stereocenters. The molecule has 0 spiro atoms. The Bertz CT molecular complexity index is 1060. The summed E-state index contributed by atoms with van der Waals surface area (Å²) in [5.41, 5.74) is 2.56. The van der Waals surface area contributed by atoms with Gasteiger partial charge in [-0.2, -0.15) is 10.2 Å². The molecule has 7 nitrogen and oxygen atoms in total. The van der Waals surface area contributed by atoms with Crippen molar-refractivity contribution in [2.45, 2.75) is 19.4 Å². The molecule has 1 aliphatic rings. The Hall–Kier alpha value is -3.21. The number of benzene rings is 2. The summed E-state index contributed by atoms with van der Waals surface area (Å²) in [6.07, 6.45) is 1.15. The molecule has 158 valence electrons. The minimum atomic E-state index is 0.159. The third kappa shape index (κ3) is 5.48. The average Bonchev–Trinajstić information content (AvgIpc) is 3.27. The van der Waals surface area contributed by atoms with Crippen LogP contribution in [0.5, 0.6) is 0 Å². The van der Waals surface area contributed by atoms with Gasteiger partial charge in [-0.1, -0.05) is 28.9 Å². The van der Waals surface area contributed by atoms with Gasteiger partial charge < -0.3 is 9.42 Å². The lowest BCUT2D eigenvalue weighted by Gasteiger charge is -2.34. The molecular formula is C23H22ClN5O2. The fraction of sp³-hybridized carbons (Fsp3) is 0.304. The van der Waals surface area contributed by atoms with Crippen molar-refractivity contribution in [2.24, 2.45) is 0 Å². The van der Waals surface area contributed by atoms with Crippen molar-refractivity contribution in [3.8, 4) is 17.5 Å². The smallest absolute Gasteiger partial charge is 0.241 e. The quantitative estimate of drug-likeness (QED) is 0.588. The van der Waals surface area contributed by atoms with E-state index in [4.69, 9.17) is 21.4 Å². The SMILES string of the molecule is N#Cc1ccc(CCC(=O)N2CCN(Cc3nc(-c4ccc(Cl)cc4)no3)CC2)cc1. The maximum Gasteiger partial charge on any atom is 0.241 e. The van der Waals surface area contributed by atoms with Crippen molar-refractivity contribution < 1.29 is 9.32 Å². The zero-order chi connectivity index (χ0) is 21.6. The lowest BCUT2D eigenvalue weighted by Crippen LogP contribution is -2.48. The molecule has 0 N–H and O–H groups in total. The summed E-state index contributed by atoms with van der Waals surface area (Å²) in [7, 11) is 0. The minimum absolute atomic E-state index is 0.159. The number of halogens is 1. The van der Waals surface area contributed by atoms with Crippen molar-refractivity contribution in [2.75, 3.05) is 26.2 Å². The van der Waals surface area contributed by atoms with Crippen LogP contribution in [0.15, 0.2) is 53.1 Å². The topological polar surface area (TPSA) is 86.3 Å². The zero-order valence-electron chi connectivity index (χ0n) is 17.0. The van der Waals surface area contributed by atoms with E-state index in [1.807, 2.05) is 29.2 Å². The summed E-state index contributed by atoms with van der Waals surface area (Å²) < 4.78 is 5.39. The lowest BCUT2D eigenvalue weighted by atomic mass is 10.1. The number of hydrogen-bond donors (Lipinski definition) is 0. The van der Waals surface area contributed by atoms with Crippen molar-refractivity contribution in [3.63, 3.8) is 0 Å². The molecule has 4 rings (SSSR count). The summed E-state index contributed by atoms with van der Waals surface area (Å²) >= 11 is 5.92. The third-order valence-electron chi connectivity index (χ3n) is 5.36. The maximum atomic E-state index is 12.5. The van der Waals surface area contributed by atoms with Crippen molar-refractivity contribution in [3.05, 3.63) is 70.6 Å². The number of carbonyl (C=O) groups excluding carboxylic acids is 1. The molecule has 1 aliphatic heterocycles. The first-order chi connectivity index (χ1) is 15.1. The normalized spacial score (nSPS) is 14.4. The van der Waals surface area contributed by atoms with E-state index in [9.17, 15) is 4.79 Å². The van der Waals surface area contributed by atoms with Crippen LogP contribution in [0.3, 0.4) is 0 Å². The van der Waals surface area contributed by atoms with Gasteiger partial charge in [-0.05, 0) is 48.4 Å². The second-order valence-corrected chi connectivity index (χ2v) is 7.92. The van der Waals surface area contributed by atoms with Crippen LogP contribution in [0.4, 0.5) is 0 Å². The van der Waals surface area contributed by atoms with E-state index >= 15 is 0 Å². The third-order valence-corrected chi connectivity index (χ3v) is 5.62. The molecule has 0 saturated carbocycles. The van der Waals surface area contributed by atoms with Gasteiger partial charge in [-0.15, -0.1) is 0 Å². The number of hydrogen-bond acceptors (Lipinski definition) is 6. The highest BCUT2D eigenvalue weighted by molar-refractivity contribution is 6.30. The van der Waals surface area contributed by atoms with Crippen LogP contribution in [-0.4, -0.2) is 52.0 Å². The highest BCUT2D eigenvalue weighted by Crippen LogP contribution is 2.19. The van der Waals surface area contributed by atoms with E-state index in [2.05, 4.69) is 21.1 Å². The van der Waals surface area contributed by atoms with Crippen LogP contribution in [0.1, 0.15) is 23.4 Å². The van der Waals surface area contributed by atoms with Crippen LogP contribution in [-0.2, 0) is 17.8 Å². The number of aromatic nitrogens is 2. The number of rotatable bonds is 6. The summed E-state index contributed by atoms with van der Waals surface area (Å²) in [4.78, 5) is 21.1. The second-order valence-electron chi connectivity index (χ2n) is 7.48. The first kappa shape index (κ1) is 21.0. The van der Waals surface area contributed by atoms with Gasteiger partial charge in [-0.25, -0.2) is 0 Å². The molecule has 2 aromatic carbocycles. The number of carbonyl (C=O) groups is 1. The summed E-state index contributed by atoms with van der Waals surface area (Å²) in [6.45, 7) is 3.46. The lowest BCUT2D eigenvalue weighted by molar-refractivity contribution is -0.133. The van der Waals surface area contributed by atoms with Crippen LogP contribution < -0.4 is 0 Å². The molecule has 1 saturated heterocycles. The molecule has 0 unspecified atom stereocenters. The van der Waals surface area contributed by atoms with E-state index in [1.54, 1.807) is 24.3 Å². The molecule has 0 aliphatic carbocycles. The van der Waals surface area contributed by atoms with Gasteiger partial charge in [0.25, 0.3) is 0 Å². The van der Waals surface area contributed by atoms with Crippen molar-refractivity contribution in [1.29, 1.82) is 5.26 Å². The van der Waals surface area contributed by atoms with Crippen LogP contribution in [0, 0.1) is 11.3 Å². The molecule has 31 heavy (non-hydrogen) atoms. The van der Waals surface area contributed by atoms with E-state index in [0.29, 0.717) is 54.8 Å². The van der Waals surface area contributed by atoms with Gasteiger partial charge in [-0.3, -0.25) is 9.69 Å². The zero-order valence-corrected chi connectivity index (χ0v) is 17.8. The van der Waals surface area contributed by atoms with Crippen LogP contribution in [0.2, 0.25) is 5.02 Å². The average molecular weight is 436 g/mol. The predicted molar refractivity (Wildman–Crippen MR) is 116 cm³/mol. The van der Waals surface area contributed by atoms with Gasteiger partial charge >= 0.3 is 0 Å². The standard InChI is InChI=1S/C23H22ClN5O2/c24-20-8-6-19(7-9-20)23-26-21(31-27-23)16-28-11-13-29(14-12-28)22(30)10-5-17-1-3-18(15-25)4-2-17/h1-4,6-9H,5,10-14,16H2. The maximum absolute atomic E-state index is 12.5. The summed E-state index contributed by atoms with van der Waals surface area (Å²) in [5.74, 6) is 1.26. The van der Waals surface area contributed by atoms with Crippen LogP contribution in [0.25, 0.3) is 11.4 Å². The molecule has 1 aromatic heterocycles. The molecule has 1 fully saturated rings. The predicted octanol–water partition coefficient (Wildman–Crippen LogP) is 3.54. The Morgan fingerprint density at radius 2 is 1.77 bits per heavy atom. The first-order valence-electron chi connectivity index (χ1n) is 10.2. The fourth-order valence-electron chi connectivity index (χ4n) is 3.54. The molecule has 2 heterocycles. The second kappa shape index (κ2) is 9.73. The summed E-state index contributed by atoms with van der Waals surface area (Å²) in [6, 6.07) is 16.8. The van der Waals surface area contributed by atoms with E-state index in [-0.39, 0.29) is 5.91 Å². The van der Waals surface area contributed by atoms with Gasteiger partial charge in [0.1, 0.15) is 0 Å². The van der Waals surface area contributed by atoms with Crippen molar-refractivity contribution in [1.82, 2.24) is 19.9 Å². The molecule has 1 amide bonds. The molecule has 8 heteroatoms. The van der Waals surface area contributed by atoms with Gasteiger partial charge in [0.15, 0.2) is 0 Å². The van der Waals surface area contributed by atoms with Crippen LogP contribution >= 0.6 is 11.6 Å². The van der Waals surface area contributed by atoms with E-state index in [1.165, 1.54) is 0 Å². The Morgan fingerprint density at radius 3 is 2.45 bits per heavy atom. The Balaban J connectivity index is 1.23. The fourth-order valence-corrected chi connectivity index (χ4v) is 3.66. The van der Waals surface area contributed by atoms with E-state index in [0.717, 1.165) is 24.2 Å². The largest absolute Gasteiger partial charge is 0.340 e. The highest BCUT2D eigenvalue weighted by atomic mass is 35.5. The monoisotopic (exact) mass is 435 g/mol. The highest BCUT2D eigenvalue weighted by Gasteiger charge is 2.22. The number of aryl methyl sites for hydroxylation is 1. The number of nitrogens with zero attached hydrogens (tertiary/aromatic N) is 5. The molecule has 0 bridgehead atoms.